The molecule has 4 nitrogen and oxygen atoms in total. The summed E-state index contributed by atoms with van der Waals surface area (Å²) in [7, 11) is 0. The molecule has 2 amide bonds. The van der Waals surface area contributed by atoms with Crippen LogP contribution in [-0.2, 0) is 0 Å². The first-order valence-corrected chi connectivity index (χ1v) is 7.12. The van der Waals surface area contributed by atoms with Crippen LogP contribution in [-0.4, -0.2) is 41.3 Å². The second kappa shape index (κ2) is 7.79. The van der Waals surface area contributed by atoms with Crippen molar-refractivity contribution in [1.29, 1.82) is 0 Å². The van der Waals surface area contributed by atoms with Crippen molar-refractivity contribution in [2.75, 3.05) is 18.6 Å². The SMILES string of the molecule is CCC(O)(CC)CNC(=O)NC(C)CSC. The third kappa shape index (κ3) is 6.23. The van der Waals surface area contributed by atoms with Crippen molar-refractivity contribution in [3.63, 3.8) is 0 Å². The van der Waals surface area contributed by atoms with Crippen LogP contribution in [0.4, 0.5) is 4.79 Å². The van der Waals surface area contributed by atoms with Gasteiger partial charge in [-0.25, -0.2) is 4.79 Å². The Bertz CT molecular complexity index is 208. The largest absolute Gasteiger partial charge is 0.388 e. The number of hydrogen-bond donors (Lipinski definition) is 3. The highest BCUT2D eigenvalue weighted by Gasteiger charge is 2.22. The number of hydrogen-bond acceptors (Lipinski definition) is 3. The van der Waals surface area contributed by atoms with E-state index in [1.165, 1.54) is 0 Å². The van der Waals surface area contributed by atoms with Gasteiger partial charge in [-0.15, -0.1) is 0 Å². The summed E-state index contributed by atoms with van der Waals surface area (Å²) in [5.74, 6) is 0.888. The Hall–Kier alpha value is -0.420. The third-order valence-electron chi connectivity index (χ3n) is 2.69. The van der Waals surface area contributed by atoms with E-state index >= 15 is 0 Å². The number of carbonyl (C=O) groups excluding carboxylic acids is 1. The van der Waals surface area contributed by atoms with Gasteiger partial charge in [0.15, 0.2) is 0 Å². The normalized spacial score (nSPS) is 13.3. The van der Waals surface area contributed by atoms with Crippen molar-refractivity contribution in [3.05, 3.63) is 0 Å². The summed E-state index contributed by atoms with van der Waals surface area (Å²) in [4.78, 5) is 11.5. The first kappa shape index (κ1) is 15.6. The summed E-state index contributed by atoms with van der Waals surface area (Å²) in [6, 6.07) is -0.0618. The molecule has 0 aliphatic heterocycles. The molecule has 0 rings (SSSR count). The van der Waals surface area contributed by atoms with Gasteiger partial charge in [-0.2, -0.15) is 11.8 Å². The van der Waals surface area contributed by atoms with Crippen LogP contribution in [0.3, 0.4) is 0 Å². The van der Waals surface area contributed by atoms with Gasteiger partial charge in [0.25, 0.3) is 0 Å². The van der Waals surface area contributed by atoms with Crippen molar-refractivity contribution in [3.8, 4) is 0 Å². The van der Waals surface area contributed by atoms with Crippen LogP contribution in [0.25, 0.3) is 0 Å². The number of rotatable bonds is 7. The Balaban J connectivity index is 3.88. The summed E-state index contributed by atoms with van der Waals surface area (Å²) in [6.45, 7) is 6.10. The van der Waals surface area contributed by atoms with Crippen LogP contribution in [0.1, 0.15) is 33.6 Å². The Labute approximate surface area is 103 Å². The zero-order chi connectivity index (χ0) is 12.6. The van der Waals surface area contributed by atoms with Crippen molar-refractivity contribution in [1.82, 2.24) is 10.6 Å². The lowest BCUT2D eigenvalue weighted by molar-refractivity contribution is 0.0349. The van der Waals surface area contributed by atoms with E-state index in [0.29, 0.717) is 19.4 Å². The third-order valence-corrected chi connectivity index (χ3v) is 3.52. The summed E-state index contributed by atoms with van der Waals surface area (Å²) < 4.78 is 0. The Morgan fingerprint density at radius 3 is 2.44 bits per heavy atom. The van der Waals surface area contributed by atoms with E-state index in [2.05, 4.69) is 10.6 Å². The van der Waals surface area contributed by atoms with E-state index in [0.717, 1.165) is 5.75 Å². The maximum atomic E-state index is 11.5. The van der Waals surface area contributed by atoms with Gasteiger partial charge in [0.05, 0.1) is 5.60 Å². The topological polar surface area (TPSA) is 61.4 Å². The fourth-order valence-electron chi connectivity index (χ4n) is 1.31. The average molecular weight is 248 g/mol. The van der Waals surface area contributed by atoms with Gasteiger partial charge in [0.1, 0.15) is 0 Å². The average Bonchev–Trinajstić information content (AvgIpc) is 2.26. The molecule has 0 heterocycles. The minimum Gasteiger partial charge on any atom is -0.388 e. The number of urea groups is 1. The summed E-state index contributed by atoms with van der Waals surface area (Å²) in [5.41, 5.74) is -0.778. The molecule has 1 unspecified atom stereocenters. The van der Waals surface area contributed by atoms with Gasteiger partial charge in [0, 0.05) is 18.3 Å². The maximum absolute atomic E-state index is 11.5. The predicted octanol–water partition coefficient (Wildman–Crippen LogP) is 1.59. The minimum absolute atomic E-state index is 0.145. The van der Waals surface area contributed by atoms with Crippen molar-refractivity contribution < 1.29 is 9.90 Å². The second-order valence-electron chi connectivity index (χ2n) is 4.11. The van der Waals surface area contributed by atoms with Gasteiger partial charge in [-0.05, 0) is 26.0 Å². The summed E-state index contributed by atoms with van der Waals surface area (Å²) in [5, 5.41) is 15.5. The van der Waals surface area contributed by atoms with E-state index in [4.69, 9.17) is 0 Å². The fraction of sp³-hybridized carbons (Fsp3) is 0.909. The molecule has 0 bridgehead atoms. The Morgan fingerprint density at radius 1 is 1.44 bits per heavy atom. The molecule has 1 atom stereocenters. The molecular formula is C11H24N2O2S. The molecule has 16 heavy (non-hydrogen) atoms. The van der Waals surface area contributed by atoms with E-state index < -0.39 is 5.60 Å². The lowest BCUT2D eigenvalue weighted by Gasteiger charge is -2.25. The molecule has 0 fully saturated rings. The number of nitrogens with one attached hydrogen (secondary N) is 2. The number of thioether (sulfide) groups is 1. The number of carbonyl (C=O) groups is 1. The number of aliphatic hydroxyl groups is 1. The van der Waals surface area contributed by atoms with Crippen LogP contribution in [0.15, 0.2) is 0 Å². The first-order valence-electron chi connectivity index (χ1n) is 5.73. The van der Waals surface area contributed by atoms with Gasteiger partial charge >= 0.3 is 6.03 Å². The fourth-order valence-corrected chi connectivity index (χ4v) is 1.89. The highest BCUT2D eigenvalue weighted by molar-refractivity contribution is 7.98. The Kier molecular flexibility index (Phi) is 7.58. The molecule has 0 spiro atoms. The van der Waals surface area contributed by atoms with E-state index in [1.54, 1.807) is 11.8 Å². The molecule has 0 aromatic carbocycles. The van der Waals surface area contributed by atoms with Crippen molar-refractivity contribution in [2.24, 2.45) is 0 Å². The van der Waals surface area contributed by atoms with Gasteiger partial charge in [-0.3, -0.25) is 0 Å². The van der Waals surface area contributed by atoms with Gasteiger partial charge in [-0.1, -0.05) is 13.8 Å². The molecule has 0 saturated carbocycles. The molecule has 0 aromatic heterocycles. The molecule has 3 N–H and O–H groups in total. The van der Waals surface area contributed by atoms with Crippen molar-refractivity contribution >= 4 is 17.8 Å². The minimum atomic E-state index is -0.778. The highest BCUT2D eigenvalue weighted by atomic mass is 32.2. The highest BCUT2D eigenvalue weighted by Crippen LogP contribution is 2.12. The first-order chi connectivity index (χ1) is 7.47. The molecule has 96 valence electrons. The molecule has 0 aromatic rings. The van der Waals surface area contributed by atoms with Crippen LogP contribution in [0.5, 0.6) is 0 Å². The van der Waals surface area contributed by atoms with Gasteiger partial charge < -0.3 is 15.7 Å². The summed E-state index contributed by atoms with van der Waals surface area (Å²) >= 11 is 1.69. The van der Waals surface area contributed by atoms with E-state index in [-0.39, 0.29) is 12.1 Å². The molecule has 0 radical (unpaired) electrons. The van der Waals surface area contributed by atoms with Crippen LogP contribution in [0.2, 0.25) is 0 Å². The predicted molar refractivity (Wildman–Crippen MR) is 69.9 cm³/mol. The van der Waals surface area contributed by atoms with Crippen LogP contribution >= 0.6 is 11.8 Å². The van der Waals surface area contributed by atoms with Crippen molar-refractivity contribution in [2.45, 2.75) is 45.3 Å². The molecule has 5 heteroatoms. The monoisotopic (exact) mass is 248 g/mol. The molecular weight excluding hydrogens is 224 g/mol. The zero-order valence-electron chi connectivity index (χ0n) is 10.7. The molecule has 0 aliphatic rings. The molecule has 0 aliphatic carbocycles. The van der Waals surface area contributed by atoms with Gasteiger partial charge in [0.2, 0.25) is 0 Å². The summed E-state index contributed by atoms with van der Waals surface area (Å²) in [6.07, 6.45) is 3.29. The van der Waals surface area contributed by atoms with E-state index in [1.807, 2.05) is 27.0 Å². The smallest absolute Gasteiger partial charge is 0.315 e. The quantitative estimate of drug-likeness (QED) is 0.641. The van der Waals surface area contributed by atoms with Crippen LogP contribution < -0.4 is 10.6 Å². The van der Waals surface area contributed by atoms with E-state index in [9.17, 15) is 9.90 Å². The second-order valence-corrected chi connectivity index (χ2v) is 5.03. The number of amides is 2. The zero-order valence-corrected chi connectivity index (χ0v) is 11.5. The molecule has 0 saturated heterocycles. The lowest BCUT2D eigenvalue weighted by Crippen LogP contribution is -2.48. The maximum Gasteiger partial charge on any atom is 0.315 e. The lowest BCUT2D eigenvalue weighted by atomic mass is 9.98. The Morgan fingerprint density at radius 2 is 2.00 bits per heavy atom. The van der Waals surface area contributed by atoms with Crippen LogP contribution in [0, 0.1) is 0 Å². The standard InChI is InChI=1S/C11H24N2O2S/c1-5-11(15,6-2)8-12-10(14)13-9(3)7-16-4/h9,15H,5-8H2,1-4H3,(H2,12,13,14).